The highest BCUT2D eigenvalue weighted by Crippen LogP contribution is 2.06. The van der Waals surface area contributed by atoms with Crippen LogP contribution in [0, 0.1) is 0 Å². The van der Waals surface area contributed by atoms with Crippen molar-refractivity contribution in [2.24, 2.45) is 5.73 Å². The van der Waals surface area contributed by atoms with E-state index in [0.717, 1.165) is 52.0 Å². The Morgan fingerprint density at radius 2 is 1.88 bits per heavy atom. The molecular weight excluding hydrogens is 234 g/mol. The summed E-state index contributed by atoms with van der Waals surface area (Å²) < 4.78 is 0. The summed E-state index contributed by atoms with van der Waals surface area (Å²) in [6, 6.07) is 0. The summed E-state index contributed by atoms with van der Waals surface area (Å²) in [7, 11) is 0. The molecule has 0 aliphatic carbocycles. The van der Waals surface area contributed by atoms with Crippen molar-refractivity contribution in [2.75, 3.05) is 32.7 Å². The van der Waals surface area contributed by atoms with Crippen LogP contribution in [0.15, 0.2) is 0 Å². The van der Waals surface area contributed by atoms with E-state index in [4.69, 9.17) is 18.0 Å². The van der Waals surface area contributed by atoms with Crippen LogP contribution in [-0.2, 0) is 4.79 Å². The molecule has 0 saturated carbocycles. The molecule has 17 heavy (non-hydrogen) atoms. The minimum absolute atomic E-state index is 0.306. The summed E-state index contributed by atoms with van der Waals surface area (Å²) >= 11 is 4.86. The van der Waals surface area contributed by atoms with Crippen molar-refractivity contribution in [3.8, 4) is 0 Å². The van der Waals surface area contributed by atoms with Crippen molar-refractivity contribution in [3.05, 3.63) is 0 Å². The van der Waals surface area contributed by atoms with E-state index in [9.17, 15) is 4.79 Å². The molecule has 1 rings (SSSR count). The molecule has 1 fully saturated rings. The standard InChI is InChI=1S/C12H23N3OS/c1-2-3-4-12(16)15-9-7-14(8-10-15)6-5-11(13)17/h2-10H2,1H3,(H2,13,17). The van der Waals surface area contributed by atoms with Crippen LogP contribution in [0.4, 0.5) is 0 Å². The number of hydrogen-bond acceptors (Lipinski definition) is 3. The van der Waals surface area contributed by atoms with Gasteiger partial charge in [0.25, 0.3) is 0 Å². The van der Waals surface area contributed by atoms with E-state index < -0.39 is 0 Å². The van der Waals surface area contributed by atoms with Crippen LogP contribution in [0.2, 0.25) is 0 Å². The Morgan fingerprint density at radius 3 is 2.41 bits per heavy atom. The maximum Gasteiger partial charge on any atom is 0.222 e. The maximum absolute atomic E-state index is 11.8. The monoisotopic (exact) mass is 257 g/mol. The molecular formula is C12H23N3OS. The molecule has 98 valence electrons. The lowest BCUT2D eigenvalue weighted by molar-refractivity contribution is -0.133. The first-order valence-corrected chi connectivity index (χ1v) is 6.82. The summed E-state index contributed by atoms with van der Waals surface area (Å²) in [5.41, 5.74) is 5.48. The van der Waals surface area contributed by atoms with Crippen LogP contribution in [-0.4, -0.2) is 53.4 Å². The van der Waals surface area contributed by atoms with E-state index in [1.165, 1.54) is 0 Å². The molecule has 2 N–H and O–H groups in total. The lowest BCUT2D eigenvalue weighted by atomic mass is 10.2. The molecule has 0 aromatic carbocycles. The van der Waals surface area contributed by atoms with Gasteiger partial charge < -0.3 is 10.6 Å². The number of carbonyl (C=O) groups is 1. The molecule has 0 aromatic rings. The summed E-state index contributed by atoms with van der Waals surface area (Å²) in [6.07, 6.45) is 3.56. The molecule has 0 spiro atoms. The van der Waals surface area contributed by atoms with Gasteiger partial charge in [-0.15, -0.1) is 0 Å². The first kappa shape index (κ1) is 14.4. The van der Waals surface area contributed by atoms with E-state index in [1.54, 1.807) is 0 Å². The van der Waals surface area contributed by atoms with E-state index >= 15 is 0 Å². The number of unbranched alkanes of at least 4 members (excludes halogenated alkanes) is 1. The van der Waals surface area contributed by atoms with Gasteiger partial charge in [-0.3, -0.25) is 9.69 Å². The number of carbonyl (C=O) groups excluding carboxylic acids is 1. The molecule has 4 nitrogen and oxygen atoms in total. The van der Waals surface area contributed by atoms with E-state index in [1.807, 2.05) is 4.90 Å². The Morgan fingerprint density at radius 1 is 1.24 bits per heavy atom. The van der Waals surface area contributed by atoms with Gasteiger partial charge in [0.05, 0.1) is 4.99 Å². The number of nitrogens with zero attached hydrogens (tertiary/aromatic N) is 2. The fraction of sp³-hybridized carbons (Fsp3) is 0.833. The van der Waals surface area contributed by atoms with Crippen LogP contribution < -0.4 is 5.73 Å². The predicted octanol–water partition coefficient (Wildman–Crippen LogP) is 0.997. The third-order valence-corrected chi connectivity index (χ3v) is 3.35. The molecule has 0 aromatic heterocycles. The normalized spacial score (nSPS) is 17.1. The summed E-state index contributed by atoms with van der Waals surface area (Å²) in [5, 5.41) is 0. The van der Waals surface area contributed by atoms with Gasteiger partial charge >= 0.3 is 0 Å². The highest BCUT2D eigenvalue weighted by molar-refractivity contribution is 7.80. The Hall–Kier alpha value is -0.680. The van der Waals surface area contributed by atoms with Crippen LogP contribution in [0.25, 0.3) is 0 Å². The van der Waals surface area contributed by atoms with E-state index in [0.29, 0.717) is 17.3 Å². The number of thiocarbonyl (C=S) groups is 1. The molecule has 1 aliphatic rings. The number of amides is 1. The van der Waals surface area contributed by atoms with Crippen molar-refractivity contribution in [2.45, 2.75) is 32.6 Å². The number of nitrogens with two attached hydrogens (primary N) is 1. The zero-order valence-corrected chi connectivity index (χ0v) is 11.5. The fourth-order valence-electron chi connectivity index (χ4n) is 1.98. The van der Waals surface area contributed by atoms with Crippen molar-refractivity contribution < 1.29 is 4.79 Å². The lowest BCUT2D eigenvalue weighted by Gasteiger charge is -2.34. The SMILES string of the molecule is CCCCC(=O)N1CCN(CCC(N)=S)CC1. The molecule has 0 unspecified atom stereocenters. The molecule has 0 radical (unpaired) electrons. The third-order valence-electron chi connectivity index (χ3n) is 3.14. The Bertz CT molecular complexity index is 262. The van der Waals surface area contributed by atoms with Gasteiger partial charge in [0, 0.05) is 45.6 Å². The third kappa shape index (κ3) is 5.46. The molecule has 1 heterocycles. The highest BCUT2D eigenvalue weighted by atomic mass is 32.1. The number of hydrogen-bond donors (Lipinski definition) is 1. The fourth-order valence-corrected chi connectivity index (χ4v) is 2.07. The van der Waals surface area contributed by atoms with Gasteiger partial charge in [0.1, 0.15) is 0 Å². The topological polar surface area (TPSA) is 49.6 Å². The molecule has 0 atom stereocenters. The first-order chi connectivity index (χ1) is 8.13. The van der Waals surface area contributed by atoms with Crippen LogP contribution >= 0.6 is 12.2 Å². The van der Waals surface area contributed by atoms with Gasteiger partial charge in [-0.05, 0) is 6.42 Å². The number of rotatable bonds is 6. The molecule has 1 amide bonds. The van der Waals surface area contributed by atoms with Crippen molar-refractivity contribution in [3.63, 3.8) is 0 Å². The minimum Gasteiger partial charge on any atom is -0.393 e. The van der Waals surface area contributed by atoms with E-state index in [-0.39, 0.29) is 0 Å². The quantitative estimate of drug-likeness (QED) is 0.721. The highest BCUT2D eigenvalue weighted by Gasteiger charge is 2.20. The lowest BCUT2D eigenvalue weighted by Crippen LogP contribution is -2.49. The predicted molar refractivity (Wildman–Crippen MR) is 73.9 cm³/mol. The van der Waals surface area contributed by atoms with Gasteiger partial charge in [-0.2, -0.15) is 0 Å². The molecule has 0 bridgehead atoms. The average molecular weight is 257 g/mol. The largest absolute Gasteiger partial charge is 0.393 e. The zero-order chi connectivity index (χ0) is 12.7. The van der Waals surface area contributed by atoms with Gasteiger partial charge in [0.15, 0.2) is 0 Å². The van der Waals surface area contributed by atoms with Gasteiger partial charge in [-0.25, -0.2) is 0 Å². The Balaban J connectivity index is 2.20. The average Bonchev–Trinajstić information content (AvgIpc) is 2.34. The zero-order valence-electron chi connectivity index (χ0n) is 10.7. The van der Waals surface area contributed by atoms with Crippen molar-refractivity contribution in [1.29, 1.82) is 0 Å². The van der Waals surface area contributed by atoms with Gasteiger partial charge in [0.2, 0.25) is 5.91 Å². The molecule has 1 saturated heterocycles. The summed E-state index contributed by atoms with van der Waals surface area (Å²) in [6.45, 7) is 6.62. The van der Waals surface area contributed by atoms with Crippen LogP contribution in [0.3, 0.4) is 0 Å². The smallest absolute Gasteiger partial charge is 0.222 e. The Kier molecular flexibility index (Phi) is 6.44. The molecule has 1 aliphatic heterocycles. The maximum atomic E-state index is 11.8. The second kappa shape index (κ2) is 7.61. The van der Waals surface area contributed by atoms with Crippen molar-refractivity contribution >= 4 is 23.1 Å². The van der Waals surface area contributed by atoms with Crippen LogP contribution in [0.5, 0.6) is 0 Å². The summed E-state index contributed by atoms with van der Waals surface area (Å²) in [4.78, 5) is 16.7. The van der Waals surface area contributed by atoms with Gasteiger partial charge in [-0.1, -0.05) is 25.6 Å². The van der Waals surface area contributed by atoms with Crippen molar-refractivity contribution in [1.82, 2.24) is 9.80 Å². The second-order valence-corrected chi connectivity index (χ2v) is 5.07. The summed E-state index contributed by atoms with van der Waals surface area (Å²) in [5.74, 6) is 0.306. The minimum atomic E-state index is 0.306. The second-order valence-electron chi connectivity index (χ2n) is 4.54. The van der Waals surface area contributed by atoms with E-state index in [2.05, 4.69) is 11.8 Å². The number of piperazine rings is 1. The first-order valence-electron chi connectivity index (χ1n) is 6.42. The molecule has 5 heteroatoms. The Labute approximate surface area is 109 Å². The van der Waals surface area contributed by atoms with Crippen LogP contribution in [0.1, 0.15) is 32.6 Å².